The van der Waals surface area contributed by atoms with Crippen LogP contribution < -0.4 is 0 Å². The maximum Gasteiger partial charge on any atom is 0.326 e. The van der Waals surface area contributed by atoms with Crippen molar-refractivity contribution in [1.29, 1.82) is 0 Å². The Morgan fingerprint density at radius 1 is 1.39 bits per heavy atom. The topological polar surface area (TPSA) is 57.6 Å². The number of hydrogen-bond acceptors (Lipinski definition) is 2. The van der Waals surface area contributed by atoms with Crippen molar-refractivity contribution in [2.24, 2.45) is 0 Å². The molecule has 1 atom stereocenters. The van der Waals surface area contributed by atoms with Gasteiger partial charge >= 0.3 is 5.97 Å². The van der Waals surface area contributed by atoms with Crippen molar-refractivity contribution in [2.45, 2.75) is 25.8 Å². The summed E-state index contributed by atoms with van der Waals surface area (Å²) in [5, 5.41) is 9.09. The van der Waals surface area contributed by atoms with Crippen molar-refractivity contribution < 1.29 is 14.7 Å². The van der Waals surface area contributed by atoms with Crippen LogP contribution >= 0.6 is 15.9 Å². The number of aryl methyl sites for hydroxylation is 1. The largest absolute Gasteiger partial charge is 0.480 e. The van der Waals surface area contributed by atoms with E-state index in [1.807, 2.05) is 13.0 Å². The van der Waals surface area contributed by atoms with Crippen molar-refractivity contribution >= 4 is 27.8 Å². The van der Waals surface area contributed by atoms with E-state index in [4.69, 9.17) is 5.11 Å². The summed E-state index contributed by atoms with van der Waals surface area (Å²) in [5.41, 5.74) is 1.51. The molecule has 18 heavy (non-hydrogen) atoms. The van der Waals surface area contributed by atoms with Gasteiger partial charge < -0.3 is 10.0 Å². The van der Waals surface area contributed by atoms with Gasteiger partial charge in [-0.25, -0.2) is 4.79 Å². The Bertz CT molecular complexity index is 481. The first-order valence-electron chi connectivity index (χ1n) is 5.80. The molecule has 1 heterocycles. The van der Waals surface area contributed by atoms with Crippen molar-refractivity contribution in [1.82, 2.24) is 4.90 Å². The minimum Gasteiger partial charge on any atom is -0.480 e. The number of benzene rings is 1. The molecule has 0 aliphatic carbocycles. The Morgan fingerprint density at radius 2 is 2.11 bits per heavy atom. The molecule has 1 aromatic carbocycles. The van der Waals surface area contributed by atoms with Gasteiger partial charge in [0.15, 0.2) is 0 Å². The van der Waals surface area contributed by atoms with Crippen LogP contribution in [0.25, 0.3) is 0 Å². The molecule has 1 fully saturated rings. The molecule has 0 aromatic heterocycles. The highest BCUT2D eigenvalue weighted by Gasteiger charge is 2.34. The van der Waals surface area contributed by atoms with Crippen molar-refractivity contribution in [3.05, 3.63) is 33.8 Å². The fourth-order valence-corrected chi connectivity index (χ4v) is 2.90. The molecule has 1 N–H and O–H groups in total. The Balaban J connectivity index is 2.28. The van der Waals surface area contributed by atoms with E-state index in [0.29, 0.717) is 18.5 Å². The number of rotatable bonds is 2. The van der Waals surface area contributed by atoms with Crippen LogP contribution in [0, 0.1) is 6.92 Å². The van der Waals surface area contributed by atoms with Crippen molar-refractivity contribution in [2.75, 3.05) is 6.54 Å². The van der Waals surface area contributed by atoms with Gasteiger partial charge in [0.25, 0.3) is 5.91 Å². The van der Waals surface area contributed by atoms with Crippen LogP contribution in [0.15, 0.2) is 22.7 Å². The van der Waals surface area contributed by atoms with Crippen LogP contribution in [0.3, 0.4) is 0 Å². The smallest absolute Gasteiger partial charge is 0.326 e. The van der Waals surface area contributed by atoms with Gasteiger partial charge in [0.2, 0.25) is 0 Å². The predicted molar refractivity (Wildman–Crippen MR) is 70.6 cm³/mol. The summed E-state index contributed by atoms with van der Waals surface area (Å²) in [6, 6.07) is 4.74. The first-order chi connectivity index (χ1) is 8.49. The molecule has 0 unspecified atom stereocenters. The van der Waals surface area contributed by atoms with E-state index >= 15 is 0 Å². The zero-order valence-corrected chi connectivity index (χ0v) is 11.6. The zero-order valence-electron chi connectivity index (χ0n) is 10.0. The van der Waals surface area contributed by atoms with Gasteiger partial charge in [-0.05, 0) is 43.5 Å². The molecule has 5 heteroatoms. The van der Waals surface area contributed by atoms with Gasteiger partial charge in [-0.3, -0.25) is 4.79 Å². The summed E-state index contributed by atoms with van der Waals surface area (Å²) in [7, 11) is 0. The maximum absolute atomic E-state index is 12.3. The normalized spacial score (nSPS) is 19.0. The van der Waals surface area contributed by atoms with E-state index < -0.39 is 12.0 Å². The summed E-state index contributed by atoms with van der Waals surface area (Å²) < 4.78 is 0.830. The molecule has 2 rings (SSSR count). The predicted octanol–water partition coefficient (Wildman–Crippen LogP) is 2.45. The van der Waals surface area contributed by atoms with Gasteiger partial charge in [-0.1, -0.05) is 15.9 Å². The Kier molecular flexibility index (Phi) is 3.71. The van der Waals surface area contributed by atoms with Gasteiger partial charge in [-0.15, -0.1) is 0 Å². The SMILES string of the molecule is Cc1cc(Br)cc(C(=O)N2CCC[C@@H]2C(=O)O)c1. The monoisotopic (exact) mass is 311 g/mol. The Hall–Kier alpha value is -1.36. The van der Waals surface area contributed by atoms with Gasteiger partial charge in [0.1, 0.15) is 6.04 Å². The molecule has 0 spiro atoms. The van der Waals surface area contributed by atoms with Crippen LogP contribution in [0.2, 0.25) is 0 Å². The third kappa shape index (κ3) is 2.56. The molecular weight excluding hydrogens is 298 g/mol. The lowest BCUT2D eigenvalue weighted by Crippen LogP contribution is -2.40. The van der Waals surface area contributed by atoms with E-state index in [9.17, 15) is 9.59 Å². The molecule has 1 aliphatic heterocycles. The highest BCUT2D eigenvalue weighted by Crippen LogP contribution is 2.22. The second-order valence-electron chi connectivity index (χ2n) is 4.51. The molecule has 0 bridgehead atoms. The summed E-state index contributed by atoms with van der Waals surface area (Å²) in [5.74, 6) is -1.13. The van der Waals surface area contributed by atoms with E-state index in [0.717, 1.165) is 16.5 Å². The summed E-state index contributed by atoms with van der Waals surface area (Å²) in [6.45, 7) is 2.42. The standard InChI is InChI=1S/C13H14BrNO3/c1-8-5-9(7-10(14)6-8)12(16)15-4-2-3-11(15)13(17)18/h5-7,11H,2-4H2,1H3,(H,17,18)/t11-/m1/s1. The number of carbonyl (C=O) groups is 2. The minimum absolute atomic E-state index is 0.204. The lowest BCUT2D eigenvalue weighted by molar-refractivity contribution is -0.141. The molecule has 4 nitrogen and oxygen atoms in total. The fourth-order valence-electron chi connectivity index (χ4n) is 2.29. The molecule has 0 radical (unpaired) electrons. The number of halogens is 1. The maximum atomic E-state index is 12.3. The molecule has 96 valence electrons. The van der Waals surface area contributed by atoms with Crippen LogP contribution in [0.4, 0.5) is 0 Å². The third-order valence-corrected chi connectivity index (χ3v) is 3.55. The van der Waals surface area contributed by atoms with Crippen molar-refractivity contribution in [3.63, 3.8) is 0 Å². The van der Waals surface area contributed by atoms with E-state index in [1.54, 1.807) is 12.1 Å². The quantitative estimate of drug-likeness (QED) is 0.912. The lowest BCUT2D eigenvalue weighted by atomic mass is 10.1. The highest BCUT2D eigenvalue weighted by molar-refractivity contribution is 9.10. The number of carboxylic acid groups (broad SMARTS) is 1. The number of hydrogen-bond donors (Lipinski definition) is 1. The summed E-state index contributed by atoms with van der Waals surface area (Å²) in [4.78, 5) is 24.8. The van der Waals surface area contributed by atoms with Gasteiger partial charge in [-0.2, -0.15) is 0 Å². The van der Waals surface area contributed by atoms with Crippen LogP contribution in [0.5, 0.6) is 0 Å². The number of likely N-dealkylation sites (tertiary alicyclic amines) is 1. The second kappa shape index (κ2) is 5.10. The van der Waals surface area contributed by atoms with E-state index in [1.165, 1.54) is 4.90 Å². The number of carbonyl (C=O) groups excluding carboxylic acids is 1. The Morgan fingerprint density at radius 3 is 2.72 bits per heavy atom. The molecule has 1 saturated heterocycles. The summed E-state index contributed by atoms with van der Waals surface area (Å²) in [6.07, 6.45) is 1.28. The Labute approximate surface area is 114 Å². The minimum atomic E-state index is -0.924. The van der Waals surface area contributed by atoms with Gasteiger partial charge in [0, 0.05) is 16.6 Å². The van der Waals surface area contributed by atoms with Crippen LogP contribution in [-0.2, 0) is 4.79 Å². The number of carboxylic acids is 1. The van der Waals surface area contributed by atoms with E-state index in [-0.39, 0.29) is 5.91 Å². The first-order valence-corrected chi connectivity index (χ1v) is 6.59. The highest BCUT2D eigenvalue weighted by atomic mass is 79.9. The zero-order chi connectivity index (χ0) is 13.3. The van der Waals surface area contributed by atoms with Crippen LogP contribution in [-0.4, -0.2) is 34.5 Å². The van der Waals surface area contributed by atoms with Crippen molar-refractivity contribution in [3.8, 4) is 0 Å². The number of amides is 1. The van der Waals surface area contributed by atoms with Gasteiger partial charge in [0.05, 0.1) is 0 Å². The second-order valence-corrected chi connectivity index (χ2v) is 5.43. The number of nitrogens with zero attached hydrogens (tertiary/aromatic N) is 1. The molecule has 1 aromatic rings. The average Bonchev–Trinajstić information content (AvgIpc) is 2.75. The lowest BCUT2D eigenvalue weighted by Gasteiger charge is -2.21. The number of aliphatic carboxylic acids is 1. The average molecular weight is 312 g/mol. The fraction of sp³-hybridized carbons (Fsp3) is 0.385. The van der Waals surface area contributed by atoms with E-state index in [2.05, 4.69) is 15.9 Å². The molecule has 1 amide bonds. The molecule has 0 saturated carbocycles. The molecular formula is C13H14BrNO3. The molecule has 1 aliphatic rings. The summed E-state index contributed by atoms with van der Waals surface area (Å²) >= 11 is 3.35. The first kappa shape index (κ1) is 13.1. The van der Waals surface area contributed by atoms with Crippen LogP contribution in [0.1, 0.15) is 28.8 Å². The third-order valence-electron chi connectivity index (χ3n) is 3.09.